The monoisotopic (exact) mass is 286 g/mol. The van der Waals surface area contributed by atoms with Gasteiger partial charge in [-0.05, 0) is 36.2 Å². The summed E-state index contributed by atoms with van der Waals surface area (Å²) in [7, 11) is 1.53. The molecule has 0 aliphatic rings. The Morgan fingerprint density at radius 1 is 1.24 bits per heavy atom. The van der Waals surface area contributed by atoms with E-state index in [0.717, 1.165) is 5.56 Å². The smallest absolute Gasteiger partial charge is 0.251 e. The van der Waals surface area contributed by atoms with Crippen molar-refractivity contribution in [2.75, 3.05) is 19.4 Å². The minimum Gasteiger partial charge on any atom is -0.508 e. The number of amides is 1. The number of ether oxygens (including phenoxy) is 1. The van der Waals surface area contributed by atoms with E-state index in [1.54, 1.807) is 30.3 Å². The van der Waals surface area contributed by atoms with Crippen molar-refractivity contribution >= 4 is 11.6 Å². The molecule has 2 aromatic carbocycles. The molecule has 0 saturated carbocycles. The van der Waals surface area contributed by atoms with Gasteiger partial charge in [-0.2, -0.15) is 0 Å². The molecular formula is C16H18N2O3. The van der Waals surface area contributed by atoms with Crippen LogP contribution in [-0.2, 0) is 6.42 Å². The molecule has 5 heteroatoms. The van der Waals surface area contributed by atoms with Crippen LogP contribution in [0.4, 0.5) is 5.69 Å². The van der Waals surface area contributed by atoms with E-state index in [0.29, 0.717) is 30.0 Å². The maximum atomic E-state index is 12.0. The Bertz CT molecular complexity index is 624. The number of methoxy groups -OCH3 is 1. The number of phenols is 1. The SMILES string of the molecule is COc1cc(N)cc(C(=O)NCCc2ccc(O)cc2)c1. The number of carbonyl (C=O) groups is 1. The van der Waals surface area contributed by atoms with Crippen LogP contribution < -0.4 is 15.8 Å². The summed E-state index contributed by atoms with van der Waals surface area (Å²) in [4.78, 5) is 12.0. The van der Waals surface area contributed by atoms with Crippen molar-refractivity contribution in [2.45, 2.75) is 6.42 Å². The van der Waals surface area contributed by atoms with Crippen molar-refractivity contribution < 1.29 is 14.6 Å². The lowest BCUT2D eigenvalue weighted by Gasteiger charge is -2.08. The van der Waals surface area contributed by atoms with Gasteiger partial charge in [0.15, 0.2) is 0 Å². The summed E-state index contributed by atoms with van der Waals surface area (Å²) in [6.07, 6.45) is 0.686. The zero-order valence-electron chi connectivity index (χ0n) is 11.8. The predicted octanol–water partition coefficient (Wildman–Crippen LogP) is 1.96. The van der Waals surface area contributed by atoms with Crippen LogP contribution in [0.2, 0.25) is 0 Å². The maximum absolute atomic E-state index is 12.0. The topological polar surface area (TPSA) is 84.6 Å². The Morgan fingerprint density at radius 3 is 2.62 bits per heavy atom. The molecule has 2 rings (SSSR count). The first-order valence-electron chi connectivity index (χ1n) is 6.59. The van der Waals surface area contributed by atoms with E-state index < -0.39 is 0 Å². The van der Waals surface area contributed by atoms with E-state index >= 15 is 0 Å². The van der Waals surface area contributed by atoms with Crippen LogP contribution in [0.15, 0.2) is 42.5 Å². The van der Waals surface area contributed by atoms with Crippen molar-refractivity contribution in [3.05, 3.63) is 53.6 Å². The molecule has 0 aliphatic heterocycles. The van der Waals surface area contributed by atoms with Crippen LogP contribution in [-0.4, -0.2) is 24.7 Å². The molecule has 4 N–H and O–H groups in total. The molecule has 0 spiro atoms. The molecule has 0 aromatic heterocycles. The van der Waals surface area contributed by atoms with Crippen LogP contribution in [0.5, 0.6) is 11.5 Å². The molecule has 0 radical (unpaired) electrons. The zero-order chi connectivity index (χ0) is 15.2. The van der Waals surface area contributed by atoms with Crippen molar-refractivity contribution in [2.24, 2.45) is 0 Å². The molecule has 0 fully saturated rings. The highest BCUT2D eigenvalue weighted by molar-refractivity contribution is 5.95. The minimum absolute atomic E-state index is 0.195. The number of hydrogen-bond acceptors (Lipinski definition) is 4. The Balaban J connectivity index is 1.92. The van der Waals surface area contributed by atoms with Gasteiger partial charge >= 0.3 is 0 Å². The minimum atomic E-state index is -0.195. The van der Waals surface area contributed by atoms with Gasteiger partial charge in [0.1, 0.15) is 11.5 Å². The van der Waals surface area contributed by atoms with Gasteiger partial charge in [0.2, 0.25) is 0 Å². The summed E-state index contributed by atoms with van der Waals surface area (Å²) >= 11 is 0. The van der Waals surface area contributed by atoms with Gasteiger partial charge in [-0.25, -0.2) is 0 Å². The summed E-state index contributed by atoms with van der Waals surface area (Å²) < 4.78 is 5.09. The zero-order valence-corrected chi connectivity index (χ0v) is 11.8. The van der Waals surface area contributed by atoms with E-state index in [1.807, 2.05) is 12.1 Å². The van der Waals surface area contributed by atoms with Crippen LogP contribution in [0.1, 0.15) is 15.9 Å². The van der Waals surface area contributed by atoms with Gasteiger partial charge in [0.05, 0.1) is 7.11 Å². The number of nitrogens with one attached hydrogen (secondary N) is 1. The Kier molecular flexibility index (Phi) is 4.66. The molecule has 21 heavy (non-hydrogen) atoms. The second-order valence-electron chi connectivity index (χ2n) is 4.67. The van der Waals surface area contributed by atoms with E-state index in [4.69, 9.17) is 10.5 Å². The van der Waals surface area contributed by atoms with Crippen LogP contribution in [0.3, 0.4) is 0 Å². The van der Waals surface area contributed by atoms with Gasteiger partial charge in [-0.15, -0.1) is 0 Å². The van der Waals surface area contributed by atoms with Gasteiger partial charge in [-0.3, -0.25) is 4.79 Å². The quantitative estimate of drug-likeness (QED) is 0.733. The van der Waals surface area contributed by atoms with Gasteiger partial charge in [0, 0.05) is 23.9 Å². The van der Waals surface area contributed by atoms with Gasteiger partial charge < -0.3 is 20.9 Å². The number of aromatic hydroxyl groups is 1. The predicted molar refractivity (Wildman–Crippen MR) is 81.6 cm³/mol. The third kappa shape index (κ3) is 4.14. The summed E-state index contributed by atoms with van der Waals surface area (Å²) in [5.41, 5.74) is 7.72. The largest absolute Gasteiger partial charge is 0.508 e. The second kappa shape index (κ2) is 6.65. The lowest BCUT2D eigenvalue weighted by Crippen LogP contribution is -2.25. The van der Waals surface area contributed by atoms with Gasteiger partial charge in [-0.1, -0.05) is 12.1 Å². The third-order valence-corrected chi connectivity index (χ3v) is 3.06. The first-order chi connectivity index (χ1) is 10.1. The number of phenolic OH excluding ortho intramolecular Hbond substituents is 1. The molecule has 2 aromatic rings. The molecule has 0 atom stereocenters. The number of anilines is 1. The molecular weight excluding hydrogens is 268 g/mol. The van der Waals surface area contributed by atoms with E-state index in [-0.39, 0.29) is 11.7 Å². The van der Waals surface area contributed by atoms with Crippen molar-refractivity contribution in [1.82, 2.24) is 5.32 Å². The number of carbonyl (C=O) groups excluding carboxylic acids is 1. The van der Waals surface area contributed by atoms with Crippen LogP contribution in [0.25, 0.3) is 0 Å². The van der Waals surface area contributed by atoms with Crippen molar-refractivity contribution in [3.63, 3.8) is 0 Å². The highest BCUT2D eigenvalue weighted by Crippen LogP contribution is 2.18. The molecule has 0 saturated heterocycles. The molecule has 0 heterocycles. The molecule has 5 nitrogen and oxygen atoms in total. The number of nitrogens with two attached hydrogens (primary N) is 1. The average Bonchev–Trinajstić information content (AvgIpc) is 2.48. The Hall–Kier alpha value is -2.69. The highest BCUT2D eigenvalue weighted by atomic mass is 16.5. The van der Waals surface area contributed by atoms with Crippen LogP contribution in [0, 0.1) is 0 Å². The van der Waals surface area contributed by atoms with E-state index in [2.05, 4.69) is 5.32 Å². The van der Waals surface area contributed by atoms with Crippen molar-refractivity contribution in [3.8, 4) is 11.5 Å². The summed E-state index contributed by atoms with van der Waals surface area (Å²) in [5.74, 6) is 0.590. The van der Waals surface area contributed by atoms with Crippen LogP contribution >= 0.6 is 0 Å². The number of nitrogen functional groups attached to an aromatic ring is 1. The Labute approximate surface area is 123 Å². The first kappa shape index (κ1) is 14.7. The molecule has 0 unspecified atom stereocenters. The molecule has 0 bridgehead atoms. The first-order valence-corrected chi connectivity index (χ1v) is 6.59. The highest BCUT2D eigenvalue weighted by Gasteiger charge is 2.08. The molecule has 1 amide bonds. The fourth-order valence-electron chi connectivity index (χ4n) is 1.96. The van der Waals surface area contributed by atoms with Gasteiger partial charge in [0.25, 0.3) is 5.91 Å². The Morgan fingerprint density at radius 2 is 1.95 bits per heavy atom. The lowest BCUT2D eigenvalue weighted by molar-refractivity contribution is 0.0954. The number of hydrogen-bond donors (Lipinski definition) is 3. The average molecular weight is 286 g/mol. The van der Waals surface area contributed by atoms with E-state index in [1.165, 1.54) is 7.11 Å². The summed E-state index contributed by atoms with van der Waals surface area (Å²) in [6.45, 7) is 0.501. The second-order valence-corrected chi connectivity index (χ2v) is 4.67. The summed E-state index contributed by atoms with van der Waals surface area (Å²) in [5, 5.41) is 12.0. The number of benzene rings is 2. The summed E-state index contributed by atoms with van der Waals surface area (Å²) in [6, 6.07) is 11.8. The maximum Gasteiger partial charge on any atom is 0.251 e. The standard InChI is InChI=1S/C16H18N2O3/c1-21-15-9-12(8-13(17)10-15)16(20)18-7-6-11-2-4-14(19)5-3-11/h2-5,8-10,19H,6-7,17H2,1H3,(H,18,20). The fraction of sp³-hybridized carbons (Fsp3) is 0.188. The number of rotatable bonds is 5. The van der Waals surface area contributed by atoms with Crippen molar-refractivity contribution in [1.29, 1.82) is 0 Å². The fourth-order valence-corrected chi connectivity index (χ4v) is 1.96. The lowest BCUT2D eigenvalue weighted by atomic mass is 10.1. The van der Waals surface area contributed by atoms with E-state index in [9.17, 15) is 9.90 Å². The normalized spacial score (nSPS) is 10.1. The molecule has 0 aliphatic carbocycles. The third-order valence-electron chi connectivity index (χ3n) is 3.06. The molecule has 110 valence electrons.